The van der Waals surface area contributed by atoms with Crippen LogP contribution in [0, 0.1) is 6.92 Å². The summed E-state index contributed by atoms with van der Waals surface area (Å²) < 4.78 is 22.7. The number of amides is 3. The highest BCUT2D eigenvalue weighted by atomic mass is 35.5. The van der Waals surface area contributed by atoms with Crippen molar-refractivity contribution in [3.8, 4) is 0 Å². The van der Waals surface area contributed by atoms with Crippen LogP contribution >= 0.6 is 11.6 Å². The van der Waals surface area contributed by atoms with Crippen molar-refractivity contribution in [2.75, 3.05) is 36.6 Å². The van der Waals surface area contributed by atoms with Crippen molar-refractivity contribution >= 4 is 51.7 Å². The average Bonchev–Trinajstić information content (AvgIpc) is 3.29. The second kappa shape index (κ2) is 13.3. The van der Waals surface area contributed by atoms with Gasteiger partial charge in [0.15, 0.2) is 11.2 Å². The van der Waals surface area contributed by atoms with Gasteiger partial charge in [-0.2, -0.15) is 0 Å². The second-order valence-electron chi connectivity index (χ2n) is 10.7. The van der Waals surface area contributed by atoms with Gasteiger partial charge in [0.1, 0.15) is 5.58 Å². The fourth-order valence-corrected chi connectivity index (χ4v) is 5.67. The lowest BCUT2D eigenvalue weighted by Gasteiger charge is -2.29. The summed E-state index contributed by atoms with van der Waals surface area (Å²) in [7, 11) is 0. The van der Waals surface area contributed by atoms with Gasteiger partial charge in [-0.1, -0.05) is 23.7 Å². The Morgan fingerprint density at radius 3 is 2.63 bits per heavy atom. The number of fused-ring (bicyclic) bond motifs is 2. The van der Waals surface area contributed by atoms with Gasteiger partial charge in [0.25, 0.3) is 17.7 Å². The Bertz CT molecular complexity index is 1940. The van der Waals surface area contributed by atoms with Crippen LogP contribution in [0.4, 0.5) is 11.4 Å². The van der Waals surface area contributed by atoms with E-state index in [-0.39, 0.29) is 55.2 Å². The van der Waals surface area contributed by atoms with Crippen molar-refractivity contribution in [3.05, 3.63) is 116 Å². The number of hydrogen-bond donors (Lipinski definition) is 2. The molecule has 0 bridgehead atoms. The number of carbonyl (C=O) groups is 3. The van der Waals surface area contributed by atoms with E-state index >= 15 is 0 Å². The number of anilines is 2. The van der Waals surface area contributed by atoms with Gasteiger partial charge < -0.3 is 29.1 Å². The topological polar surface area (TPSA) is 145 Å². The first kappa shape index (κ1) is 31.2. The summed E-state index contributed by atoms with van der Waals surface area (Å²) >= 11 is 6.04. The molecule has 0 spiro atoms. The molecular weight excluding hydrogens is 616 g/mol. The predicted molar refractivity (Wildman–Crippen MR) is 169 cm³/mol. The Labute approximate surface area is 267 Å². The van der Waals surface area contributed by atoms with Crippen LogP contribution in [-0.4, -0.2) is 55.5 Å². The minimum Gasteiger partial charge on any atom is -0.464 e. The minimum atomic E-state index is -0.884. The molecule has 2 N–H and O–H groups in total. The van der Waals surface area contributed by atoms with E-state index in [0.717, 1.165) is 4.90 Å². The molecule has 0 saturated carbocycles. The molecule has 2 aliphatic rings. The third kappa shape index (κ3) is 6.18. The van der Waals surface area contributed by atoms with Gasteiger partial charge >= 0.3 is 0 Å². The molecule has 0 unspecified atom stereocenters. The van der Waals surface area contributed by atoms with Crippen molar-refractivity contribution in [1.82, 2.24) is 0 Å². The summed E-state index contributed by atoms with van der Waals surface area (Å²) in [4.78, 5) is 54.1. The lowest BCUT2D eigenvalue weighted by atomic mass is 9.93. The van der Waals surface area contributed by atoms with Gasteiger partial charge in [-0.05, 0) is 67.1 Å². The fraction of sp³-hybridized carbons (Fsp3) is 0.235. The highest BCUT2D eigenvalue weighted by molar-refractivity contribution is 6.37. The van der Waals surface area contributed by atoms with Crippen LogP contribution in [0.1, 0.15) is 44.2 Å². The number of imide groups is 1. The quantitative estimate of drug-likeness (QED) is 0.181. The molecule has 0 aliphatic carbocycles. The zero-order valence-electron chi connectivity index (χ0n) is 24.7. The number of nitrogens with zero attached hydrogens (tertiary/aromatic N) is 1. The van der Waals surface area contributed by atoms with Crippen LogP contribution in [-0.2, 0) is 19.0 Å². The van der Waals surface area contributed by atoms with Gasteiger partial charge in [-0.15, -0.1) is 0 Å². The Balaban J connectivity index is 1.23. The lowest BCUT2D eigenvalue weighted by molar-refractivity contribution is -0.148. The molecule has 0 fully saturated rings. The van der Waals surface area contributed by atoms with E-state index in [0.29, 0.717) is 38.5 Å². The Hall–Kier alpha value is -4.81. The molecule has 0 saturated heterocycles. The van der Waals surface area contributed by atoms with Crippen LogP contribution in [0.25, 0.3) is 11.0 Å². The summed E-state index contributed by atoms with van der Waals surface area (Å²) in [6.45, 7) is 2.07. The van der Waals surface area contributed by atoms with Gasteiger partial charge in [0.05, 0.1) is 54.9 Å². The monoisotopic (exact) mass is 644 g/mol. The van der Waals surface area contributed by atoms with Crippen LogP contribution in [0.2, 0.25) is 5.02 Å². The molecule has 236 valence electrons. The average molecular weight is 645 g/mol. The number of halogens is 1. The molecule has 1 aromatic heterocycles. The van der Waals surface area contributed by atoms with Crippen molar-refractivity contribution in [2.24, 2.45) is 0 Å². The number of hydrogen-bond acceptors (Lipinski definition) is 9. The number of benzene rings is 3. The fourth-order valence-electron chi connectivity index (χ4n) is 5.50. The maximum atomic E-state index is 13.5. The number of ether oxygens (including phenoxy) is 3. The maximum absolute atomic E-state index is 13.5. The molecule has 4 aromatic rings. The SMILES string of the molecule is Cc1cc(NC(=O)C2=C[C@H](c3coc4ccccc4c3=O)C[C@H](OCCOCCO)O2)ccc1N1C(=O)c2ccc(Cl)cc2C1=O. The van der Waals surface area contributed by atoms with Crippen LogP contribution in [0.3, 0.4) is 0 Å². The molecule has 0 radical (unpaired) electrons. The highest BCUT2D eigenvalue weighted by Gasteiger charge is 2.37. The van der Waals surface area contributed by atoms with Crippen LogP contribution < -0.4 is 15.6 Å². The van der Waals surface area contributed by atoms with Gasteiger partial charge in [0.2, 0.25) is 6.29 Å². The molecule has 2 atom stereocenters. The number of rotatable bonds is 10. The molecule has 46 heavy (non-hydrogen) atoms. The molecule has 6 rings (SSSR count). The second-order valence-corrected chi connectivity index (χ2v) is 11.2. The normalized spacial score (nSPS) is 17.5. The van der Waals surface area contributed by atoms with Gasteiger partial charge in [0, 0.05) is 28.6 Å². The van der Waals surface area contributed by atoms with E-state index in [4.69, 9.17) is 35.3 Å². The van der Waals surface area contributed by atoms with E-state index in [1.54, 1.807) is 61.5 Å². The van der Waals surface area contributed by atoms with E-state index in [9.17, 15) is 19.2 Å². The third-order valence-electron chi connectivity index (χ3n) is 7.70. The van der Waals surface area contributed by atoms with Crippen molar-refractivity contribution in [2.45, 2.75) is 25.6 Å². The molecule has 11 nitrogen and oxygen atoms in total. The van der Waals surface area contributed by atoms with Crippen molar-refractivity contribution < 1.29 is 38.1 Å². The minimum absolute atomic E-state index is 0.0657. The summed E-state index contributed by atoms with van der Waals surface area (Å²) in [5, 5.41) is 12.5. The summed E-state index contributed by atoms with van der Waals surface area (Å²) in [6.07, 6.45) is 2.30. The van der Waals surface area contributed by atoms with Gasteiger partial charge in [-0.3, -0.25) is 19.2 Å². The number of nitrogens with one attached hydrogen (secondary N) is 1. The molecule has 3 amide bonds. The lowest BCUT2D eigenvalue weighted by Crippen LogP contribution is -2.31. The number of aliphatic hydroxyl groups is 1. The highest BCUT2D eigenvalue weighted by Crippen LogP contribution is 2.34. The molecular formula is C34H29ClN2O9. The van der Waals surface area contributed by atoms with E-state index in [1.807, 2.05) is 0 Å². The van der Waals surface area contributed by atoms with Gasteiger partial charge in [-0.25, -0.2) is 4.90 Å². The largest absolute Gasteiger partial charge is 0.464 e. The summed E-state index contributed by atoms with van der Waals surface area (Å²) in [5.74, 6) is -2.17. The molecule has 2 aliphatic heterocycles. The van der Waals surface area contributed by atoms with E-state index in [1.165, 1.54) is 18.4 Å². The zero-order valence-corrected chi connectivity index (χ0v) is 25.4. The first-order chi connectivity index (χ1) is 22.2. The Kier molecular flexibility index (Phi) is 9.00. The zero-order chi connectivity index (χ0) is 32.4. The van der Waals surface area contributed by atoms with E-state index < -0.39 is 29.9 Å². The Morgan fingerprint density at radius 1 is 1.02 bits per heavy atom. The summed E-state index contributed by atoms with van der Waals surface area (Å²) in [6, 6.07) is 16.2. The number of aryl methyl sites for hydroxylation is 1. The summed E-state index contributed by atoms with van der Waals surface area (Å²) in [5.41, 5.74) is 2.37. The van der Waals surface area contributed by atoms with Crippen molar-refractivity contribution in [1.29, 1.82) is 0 Å². The number of carbonyl (C=O) groups excluding carboxylic acids is 3. The first-order valence-corrected chi connectivity index (χ1v) is 14.9. The van der Waals surface area contributed by atoms with Crippen LogP contribution in [0.5, 0.6) is 0 Å². The smallest absolute Gasteiger partial charge is 0.290 e. The van der Waals surface area contributed by atoms with E-state index in [2.05, 4.69) is 5.32 Å². The number of allylic oxidation sites excluding steroid dienone is 1. The molecule has 3 aromatic carbocycles. The third-order valence-corrected chi connectivity index (χ3v) is 7.93. The molecule has 3 heterocycles. The standard InChI is InChI=1S/C34H29ClN2O9/c1-19-14-22(7-9-27(19)37-33(41)23-8-6-21(35)17-25(23)34(37)42)36-32(40)29-15-20(16-30(46-29)44-13-12-43-11-10-38)26-18-45-28-5-3-2-4-24(28)31(26)39/h2-9,14-15,17-18,20,30,38H,10-13,16H2,1H3,(H,36,40)/t20-,30+/m0/s1. The predicted octanol–water partition coefficient (Wildman–Crippen LogP) is 4.93. The van der Waals surface area contributed by atoms with Crippen LogP contribution in [0.15, 0.2) is 88.0 Å². The first-order valence-electron chi connectivity index (χ1n) is 14.5. The molecule has 12 heteroatoms. The number of para-hydroxylation sites is 1. The Morgan fingerprint density at radius 2 is 1.83 bits per heavy atom. The maximum Gasteiger partial charge on any atom is 0.290 e. The van der Waals surface area contributed by atoms with Crippen molar-refractivity contribution in [3.63, 3.8) is 0 Å². The number of aliphatic hydroxyl groups excluding tert-OH is 1.